The second kappa shape index (κ2) is 9.03. The Kier molecular flexibility index (Phi) is 6.05. The van der Waals surface area contributed by atoms with Gasteiger partial charge in [0.1, 0.15) is 0 Å². The first-order valence-corrected chi connectivity index (χ1v) is 8.76. The van der Waals surface area contributed by atoms with Crippen molar-refractivity contribution in [1.29, 1.82) is 0 Å². The number of nitrogens with one attached hydrogen (secondary N) is 1. The van der Waals surface area contributed by atoms with Crippen molar-refractivity contribution in [3.8, 4) is 23.7 Å². The molecular weight excluding hydrogens is 364 g/mol. The highest BCUT2D eigenvalue weighted by molar-refractivity contribution is 5.90. The lowest BCUT2D eigenvalue weighted by Crippen LogP contribution is -2.07. The summed E-state index contributed by atoms with van der Waals surface area (Å²) in [6.07, 6.45) is 0. The molecule has 0 atom stereocenters. The smallest absolute Gasteiger partial charge is 0.269 e. The highest BCUT2D eigenvalue weighted by Crippen LogP contribution is 2.18. The van der Waals surface area contributed by atoms with Gasteiger partial charge in [0.2, 0.25) is 5.91 Å². The van der Waals surface area contributed by atoms with Gasteiger partial charge in [-0.1, -0.05) is 41.9 Å². The summed E-state index contributed by atoms with van der Waals surface area (Å²) in [6.45, 7) is 1.43. The maximum absolute atomic E-state index is 11.6. The molecule has 0 aromatic heterocycles. The number of nitro groups is 1. The zero-order chi connectivity index (χ0) is 20.6. The summed E-state index contributed by atoms with van der Waals surface area (Å²) < 4.78 is 0. The number of non-ortho nitro benzene ring substituents is 1. The van der Waals surface area contributed by atoms with E-state index >= 15 is 0 Å². The predicted octanol–water partition coefficient (Wildman–Crippen LogP) is 4.35. The van der Waals surface area contributed by atoms with Crippen molar-refractivity contribution in [1.82, 2.24) is 0 Å². The molecule has 3 aromatic rings. The van der Waals surface area contributed by atoms with Crippen LogP contribution in [0.15, 0.2) is 72.8 Å². The first kappa shape index (κ1) is 19.4. The van der Waals surface area contributed by atoms with Crippen molar-refractivity contribution < 1.29 is 9.72 Å². The Morgan fingerprint density at radius 2 is 1.41 bits per heavy atom. The van der Waals surface area contributed by atoms with E-state index in [0.717, 1.165) is 11.1 Å². The molecule has 3 rings (SSSR count). The molecule has 3 aromatic carbocycles. The van der Waals surface area contributed by atoms with Crippen LogP contribution in [-0.4, -0.2) is 10.8 Å². The number of hydrogen-bond donors (Lipinski definition) is 1. The number of amides is 1. The van der Waals surface area contributed by atoms with E-state index in [-0.39, 0.29) is 11.6 Å². The number of nitro benzene ring substituents is 1. The molecule has 1 N–H and O–H groups in total. The molecule has 0 spiro atoms. The van der Waals surface area contributed by atoms with Gasteiger partial charge >= 0.3 is 0 Å². The third-order valence-electron chi connectivity index (χ3n) is 3.87. The lowest BCUT2D eigenvalue weighted by atomic mass is 10.1. The van der Waals surface area contributed by atoms with Gasteiger partial charge in [0.25, 0.3) is 5.69 Å². The summed E-state index contributed by atoms with van der Waals surface area (Å²) in [6, 6.07) is 21.0. The fourth-order valence-corrected chi connectivity index (χ4v) is 2.50. The Balaban J connectivity index is 1.90. The van der Waals surface area contributed by atoms with Crippen LogP contribution in [0.4, 0.5) is 11.4 Å². The van der Waals surface area contributed by atoms with E-state index in [0.29, 0.717) is 16.8 Å². The second-order valence-electron chi connectivity index (χ2n) is 6.11. The van der Waals surface area contributed by atoms with E-state index in [1.54, 1.807) is 24.3 Å². The van der Waals surface area contributed by atoms with Crippen LogP contribution < -0.4 is 5.32 Å². The molecule has 140 valence electrons. The average Bonchev–Trinajstić information content (AvgIpc) is 2.72. The van der Waals surface area contributed by atoms with Crippen LogP contribution in [0.25, 0.3) is 0 Å². The minimum absolute atomic E-state index is 0.0100. The molecule has 29 heavy (non-hydrogen) atoms. The van der Waals surface area contributed by atoms with Crippen molar-refractivity contribution >= 4 is 17.3 Å². The van der Waals surface area contributed by atoms with Gasteiger partial charge in [0, 0.05) is 41.3 Å². The van der Waals surface area contributed by atoms with Crippen LogP contribution in [0.5, 0.6) is 0 Å². The standard InChI is InChI=1S/C24H16N2O3/c1-18(27)25-24-17-21(8-7-19-5-3-2-4-6-19)10-14-22(24)13-9-20-11-15-23(16-12-20)26(28)29/h2-6,10-12,14-17H,1H3,(H,25,27). The van der Waals surface area contributed by atoms with Gasteiger partial charge in [0.05, 0.1) is 10.6 Å². The molecule has 0 aliphatic heterocycles. The van der Waals surface area contributed by atoms with Crippen LogP contribution in [0, 0.1) is 33.8 Å². The van der Waals surface area contributed by atoms with E-state index in [2.05, 4.69) is 29.0 Å². The Bertz CT molecular complexity index is 1180. The third-order valence-corrected chi connectivity index (χ3v) is 3.87. The van der Waals surface area contributed by atoms with Gasteiger partial charge in [-0.3, -0.25) is 14.9 Å². The van der Waals surface area contributed by atoms with Gasteiger partial charge in [0.15, 0.2) is 0 Å². The molecular formula is C24H16N2O3. The molecule has 0 aliphatic rings. The lowest BCUT2D eigenvalue weighted by molar-refractivity contribution is -0.384. The van der Waals surface area contributed by atoms with Crippen LogP contribution >= 0.6 is 0 Å². The van der Waals surface area contributed by atoms with Gasteiger partial charge in [-0.15, -0.1) is 0 Å². The molecule has 0 saturated heterocycles. The van der Waals surface area contributed by atoms with E-state index < -0.39 is 4.92 Å². The fraction of sp³-hybridized carbons (Fsp3) is 0.0417. The summed E-state index contributed by atoms with van der Waals surface area (Å²) in [4.78, 5) is 21.8. The Hall–Kier alpha value is -4.35. The van der Waals surface area contributed by atoms with Gasteiger partial charge < -0.3 is 5.32 Å². The van der Waals surface area contributed by atoms with Gasteiger partial charge in [-0.2, -0.15) is 0 Å². The van der Waals surface area contributed by atoms with Crippen molar-refractivity contribution in [3.63, 3.8) is 0 Å². The lowest BCUT2D eigenvalue weighted by Gasteiger charge is -2.06. The highest BCUT2D eigenvalue weighted by Gasteiger charge is 2.05. The maximum atomic E-state index is 11.6. The average molecular weight is 380 g/mol. The first-order chi connectivity index (χ1) is 14.0. The topological polar surface area (TPSA) is 72.2 Å². The zero-order valence-corrected chi connectivity index (χ0v) is 15.6. The van der Waals surface area contributed by atoms with Crippen LogP contribution in [-0.2, 0) is 4.79 Å². The van der Waals surface area contributed by atoms with Crippen LogP contribution in [0.2, 0.25) is 0 Å². The molecule has 0 saturated carbocycles. The minimum atomic E-state index is -0.457. The molecule has 0 unspecified atom stereocenters. The molecule has 5 nitrogen and oxygen atoms in total. The summed E-state index contributed by atoms with van der Waals surface area (Å²) in [5.74, 6) is 11.9. The number of rotatable bonds is 2. The predicted molar refractivity (Wildman–Crippen MR) is 112 cm³/mol. The van der Waals surface area contributed by atoms with Gasteiger partial charge in [-0.05, 0) is 42.5 Å². The van der Waals surface area contributed by atoms with E-state index in [4.69, 9.17) is 0 Å². The van der Waals surface area contributed by atoms with Crippen molar-refractivity contribution in [2.45, 2.75) is 6.92 Å². The summed E-state index contributed by atoms with van der Waals surface area (Å²) in [5.41, 5.74) is 3.48. The zero-order valence-electron chi connectivity index (χ0n) is 15.6. The second-order valence-corrected chi connectivity index (χ2v) is 6.11. The quantitative estimate of drug-likeness (QED) is 0.408. The Morgan fingerprint density at radius 1 is 0.828 bits per heavy atom. The SMILES string of the molecule is CC(=O)Nc1cc(C#Cc2ccccc2)ccc1C#Cc1ccc([N+](=O)[O-])cc1. The van der Waals surface area contributed by atoms with Crippen LogP contribution in [0.3, 0.4) is 0 Å². The molecule has 5 heteroatoms. The van der Waals surface area contributed by atoms with E-state index in [1.165, 1.54) is 19.1 Å². The summed E-state index contributed by atoms with van der Waals surface area (Å²) in [5, 5.41) is 13.5. The summed E-state index contributed by atoms with van der Waals surface area (Å²) >= 11 is 0. The largest absolute Gasteiger partial charge is 0.325 e. The first-order valence-electron chi connectivity index (χ1n) is 8.76. The third kappa shape index (κ3) is 5.56. The van der Waals surface area contributed by atoms with Crippen molar-refractivity contribution in [2.24, 2.45) is 0 Å². The Morgan fingerprint density at radius 3 is 2.07 bits per heavy atom. The minimum Gasteiger partial charge on any atom is -0.325 e. The normalized spacial score (nSPS) is 9.41. The molecule has 0 radical (unpaired) electrons. The molecule has 1 amide bonds. The van der Waals surface area contributed by atoms with Crippen LogP contribution in [0.1, 0.15) is 29.2 Å². The van der Waals surface area contributed by atoms with E-state index in [9.17, 15) is 14.9 Å². The molecule has 0 aliphatic carbocycles. The number of anilines is 1. The van der Waals surface area contributed by atoms with Gasteiger partial charge in [-0.25, -0.2) is 0 Å². The molecule has 0 heterocycles. The summed E-state index contributed by atoms with van der Waals surface area (Å²) in [7, 11) is 0. The van der Waals surface area contributed by atoms with Crippen molar-refractivity contribution in [2.75, 3.05) is 5.32 Å². The fourth-order valence-electron chi connectivity index (χ4n) is 2.50. The number of hydrogen-bond acceptors (Lipinski definition) is 3. The number of nitrogens with zero attached hydrogens (tertiary/aromatic N) is 1. The molecule has 0 bridgehead atoms. The van der Waals surface area contributed by atoms with E-state index in [1.807, 2.05) is 36.4 Å². The number of benzene rings is 3. The highest BCUT2D eigenvalue weighted by atomic mass is 16.6. The number of carbonyl (C=O) groups is 1. The monoisotopic (exact) mass is 380 g/mol. The van der Waals surface area contributed by atoms with Crippen molar-refractivity contribution in [3.05, 3.63) is 105 Å². The molecule has 0 fully saturated rings. The maximum Gasteiger partial charge on any atom is 0.269 e. The number of carbonyl (C=O) groups excluding carboxylic acids is 1. The Labute approximate surface area is 168 Å².